The van der Waals surface area contributed by atoms with E-state index in [9.17, 15) is 18.0 Å². The molecule has 10 heteroatoms. The van der Waals surface area contributed by atoms with Crippen LogP contribution in [-0.4, -0.2) is 97.1 Å². The summed E-state index contributed by atoms with van der Waals surface area (Å²) in [6, 6.07) is 3.08. The summed E-state index contributed by atoms with van der Waals surface area (Å²) in [5, 5.41) is 0. The van der Waals surface area contributed by atoms with Gasteiger partial charge in [-0.3, -0.25) is 9.59 Å². The maximum Gasteiger partial charge on any atom is 0.282 e. The molecule has 2 fully saturated rings. The molecule has 25 heavy (non-hydrogen) atoms. The van der Waals surface area contributed by atoms with E-state index in [-0.39, 0.29) is 37.6 Å². The number of carbonyl (C=O) groups is 1. The predicted octanol–water partition coefficient (Wildman–Crippen LogP) is -1.38. The maximum absolute atomic E-state index is 12.7. The van der Waals surface area contributed by atoms with Crippen LogP contribution in [0.4, 0.5) is 0 Å². The summed E-state index contributed by atoms with van der Waals surface area (Å²) >= 11 is 0. The Morgan fingerprint density at radius 1 is 1.00 bits per heavy atom. The number of aromatic amines is 1. The molecule has 1 amide bonds. The first kappa shape index (κ1) is 18.1. The molecule has 9 nitrogen and oxygen atoms in total. The molecular weight excluding hydrogens is 346 g/mol. The van der Waals surface area contributed by atoms with E-state index in [2.05, 4.69) is 9.88 Å². The highest BCUT2D eigenvalue weighted by molar-refractivity contribution is 7.86. The normalized spacial score (nSPS) is 21.4. The van der Waals surface area contributed by atoms with Gasteiger partial charge in [0.25, 0.3) is 21.7 Å². The number of H-pyrrole nitrogens is 1. The van der Waals surface area contributed by atoms with Crippen molar-refractivity contribution in [2.45, 2.75) is 0 Å². The third-order valence-corrected chi connectivity index (χ3v) is 6.72. The van der Waals surface area contributed by atoms with E-state index in [1.807, 2.05) is 7.05 Å². The van der Waals surface area contributed by atoms with E-state index in [4.69, 9.17) is 0 Å². The molecule has 1 aromatic heterocycles. The van der Waals surface area contributed by atoms with Gasteiger partial charge in [0, 0.05) is 58.6 Å². The molecular formula is C15H23N5O4S. The molecule has 2 aliphatic rings. The monoisotopic (exact) mass is 369 g/mol. The van der Waals surface area contributed by atoms with Crippen molar-refractivity contribution in [2.24, 2.45) is 0 Å². The van der Waals surface area contributed by atoms with E-state index in [0.29, 0.717) is 26.2 Å². The topological polar surface area (TPSA) is 97.0 Å². The van der Waals surface area contributed by atoms with Crippen molar-refractivity contribution in [1.29, 1.82) is 0 Å². The number of nitrogens with zero attached hydrogens (tertiary/aromatic N) is 4. The summed E-state index contributed by atoms with van der Waals surface area (Å²) < 4.78 is 28.4. The average molecular weight is 369 g/mol. The maximum atomic E-state index is 12.7. The van der Waals surface area contributed by atoms with Crippen molar-refractivity contribution in [2.75, 3.05) is 59.4 Å². The van der Waals surface area contributed by atoms with Crippen LogP contribution in [0.3, 0.4) is 0 Å². The summed E-state index contributed by atoms with van der Waals surface area (Å²) in [6.07, 6.45) is 1.47. The van der Waals surface area contributed by atoms with Gasteiger partial charge >= 0.3 is 0 Å². The molecule has 0 bridgehead atoms. The molecule has 2 saturated heterocycles. The Labute approximate surface area is 147 Å². The zero-order chi connectivity index (χ0) is 18.0. The number of hydrogen-bond donors (Lipinski definition) is 1. The number of rotatable bonds is 3. The fourth-order valence-corrected chi connectivity index (χ4v) is 4.64. The molecule has 0 unspecified atom stereocenters. The van der Waals surface area contributed by atoms with E-state index < -0.39 is 15.8 Å². The molecule has 0 radical (unpaired) electrons. The first-order valence-corrected chi connectivity index (χ1v) is 9.70. The van der Waals surface area contributed by atoms with Gasteiger partial charge in [-0.2, -0.15) is 17.0 Å². The minimum Gasteiger partial charge on any atom is -0.336 e. The lowest BCUT2D eigenvalue weighted by Crippen LogP contribution is -2.57. The standard InChI is InChI=1S/C15H23N5O4S/c1-17-5-9-19(10-6-17)25(23,24)20-11-7-18(8-12-20)15(22)13-3-2-4-16-14(13)21/h2-4H,5-12H2,1H3,(H,16,21). The first-order chi connectivity index (χ1) is 11.9. The predicted molar refractivity (Wildman–Crippen MR) is 92.5 cm³/mol. The third-order valence-electron chi connectivity index (χ3n) is 4.69. The van der Waals surface area contributed by atoms with Gasteiger partial charge in [0.05, 0.1) is 0 Å². The van der Waals surface area contributed by atoms with Crippen molar-refractivity contribution in [1.82, 2.24) is 23.4 Å². The number of aromatic nitrogens is 1. The Bertz CT molecular complexity index is 777. The van der Waals surface area contributed by atoms with Crippen LogP contribution in [0.15, 0.2) is 23.1 Å². The molecule has 3 rings (SSSR count). The highest BCUT2D eigenvalue weighted by Crippen LogP contribution is 2.15. The molecule has 2 aliphatic heterocycles. The van der Waals surface area contributed by atoms with Crippen molar-refractivity contribution in [3.05, 3.63) is 34.2 Å². The molecule has 0 saturated carbocycles. The Morgan fingerprint density at radius 2 is 1.56 bits per heavy atom. The molecule has 0 aromatic carbocycles. The van der Waals surface area contributed by atoms with Crippen molar-refractivity contribution in [3.8, 4) is 0 Å². The van der Waals surface area contributed by atoms with Gasteiger partial charge < -0.3 is 14.8 Å². The lowest BCUT2D eigenvalue weighted by Gasteiger charge is -2.39. The van der Waals surface area contributed by atoms with Crippen molar-refractivity contribution < 1.29 is 13.2 Å². The van der Waals surface area contributed by atoms with Crippen LogP contribution in [0.5, 0.6) is 0 Å². The molecule has 0 atom stereocenters. The van der Waals surface area contributed by atoms with Crippen LogP contribution in [0.25, 0.3) is 0 Å². The Kier molecular flexibility index (Phi) is 5.23. The van der Waals surface area contributed by atoms with Crippen molar-refractivity contribution >= 4 is 16.1 Å². The van der Waals surface area contributed by atoms with Crippen LogP contribution in [-0.2, 0) is 10.2 Å². The van der Waals surface area contributed by atoms with Gasteiger partial charge in [-0.25, -0.2) is 0 Å². The minimum atomic E-state index is -3.50. The second kappa shape index (κ2) is 7.24. The lowest BCUT2D eigenvalue weighted by atomic mass is 10.2. The van der Waals surface area contributed by atoms with Gasteiger partial charge in [-0.15, -0.1) is 0 Å². The fourth-order valence-electron chi connectivity index (χ4n) is 3.06. The second-order valence-electron chi connectivity index (χ2n) is 6.31. The molecule has 1 N–H and O–H groups in total. The van der Waals surface area contributed by atoms with Crippen LogP contribution < -0.4 is 5.56 Å². The minimum absolute atomic E-state index is 0.0814. The number of amides is 1. The molecule has 0 aliphatic carbocycles. The molecule has 138 valence electrons. The number of hydrogen-bond acceptors (Lipinski definition) is 5. The van der Waals surface area contributed by atoms with E-state index in [1.54, 1.807) is 6.07 Å². The molecule has 1 aromatic rings. The number of pyridine rings is 1. The summed E-state index contributed by atoms with van der Waals surface area (Å²) in [5.41, 5.74) is -0.349. The van der Waals surface area contributed by atoms with Crippen molar-refractivity contribution in [3.63, 3.8) is 0 Å². The molecule has 3 heterocycles. The van der Waals surface area contributed by atoms with Gasteiger partial charge in [-0.1, -0.05) is 0 Å². The van der Waals surface area contributed by atoms with Gasteiger partial charge in [0.15, 0.2) is 0 Å². The zero-order valence-electron chi connectivity index (χ0n) is 14.2. The van der Waals surface area contributed by atoms with Crippen LogP contribution in [0.1, 0.15) is 10.4 Å². The Balaban J connectivity index is 1.63. The average Bonchev–Trinajstić information content (AvgIpc) is 2.62. The summed E-state index contributed by atoms with van der Waals surface area (Å²) in [6.45, 7) is 3.44. The highest BCUT2D eigenvalue weighted by atomic mass is 32.2. The Hall–Kier alpha value is -1.75. The largest absolute Gasteiger partial charge is 0.336 e. The third kappa shape index (κ3) is 3.76. The van der Waals surface area contributed by atoms with Crippen LogP contribution in [0.2, 0.25) is 0 Å². The highest BCUT2D eigenvalue weighted by Gasteiger charge is 2.35. The summed E-state index contributed by atoms with van der Waals surface area (Å²) in [4.78, 5) is 30.3. The van der Waals surface area contributed by atoms with Crippen LogP contribution >= 0.6 is 0 Å². The summed E-state index contributed by atoms with van der Waals surface area (Å²) in [5.74, 6) is -0.363. The zero-order valence-corrected chi connectivity index (χ0v) is 15.0. The van der Waals surface area contributed by atoms with Crippen LogP contribution in [0, 0.1) is 0 Å². The second-order valence-corrected chi connectivity index (χ2v) is 8.24. The smallest absolute Gasteiger partial charge is 0.282 e. The summed E-state index contributed by atoms with van der Waals surface area (Å²) in [7, 11) is -1.52. The van der Waals surface area contributed by atoms with E-state index >= 15 is 0 Å². The van der Waals surface area contributed by atoms with Gasteiger partial charge in [-0.05, 0) is 19.2 Å². The lowest BCUT2D eigenvalue weighted by molar-refractivity contribution is 0.0690. The molecule has 0 spiro atoms. The number of likely N-dealkylation sites (N-methyl/N-ethyl adjacent to an activating group) is 1. The first-order valence-electron chi connectivity index (χ1n) is 8.30. The fraction of sp³-hybridized carbons (Fsp3) is 0.600. The van der Waals surface area contributed by atoms with E-state index in [1.165, 1.54) is 25.8 Å². The van der Waals surface area contributed by atoms with Gasteiger partial charge in [0.1, 0.15) is 5.56 Å². The quantitative estimate of drug-likeness (QED) is 0.709. The number of nitrogens with one attached hydrogen (secondary N) is 1. The van der Waals surface area contributed by atoms with E-state index in [0.717, 1.165) is 0 Å². The number of carbonyl (C=O) groups excluding carboxylic acids is 1. The Morgan fingerprint density at radius 3 is 2.12 bits per heavy atom. The van der Waals surface area contributed by atoms with Gasteiger partial charge in [0.2, 0.25) is 0 Å². The number of piperazine rings is 2. The SMILES string of the molecule is CN1CCN(S(=O)(=O)N2CCN(C(=O)c3ccc[nH]c3=O)CC2)CC1.